The van der Waals surface area contributed by atoms with Crippen LogP contribution in [-0.2, 0) is 18.3 Å². The molecule has 1 heterocycles. The molecule has 0 bridgehead atoms. The minimum Gasteiger partial charge on any atom is -0.481 e. The number of hydrogen-bond acceptors (Lipinski definition) is 3. The van der Waals surface area contributed by atoms with Gasteiger partial charge < -0.3 is 10.4 Å². The van der Waals surface area contributed by atoms with Gasteiger partial charge in [0, 0.05) is 24.8 Å². The molecule has 2 N–H and O–H groups in total. The van der Waals surface area contributed by atoms with Crippen LogP contribution >= 0.6 is 0 Å². The minimum absolute atomic E-state index is 0.0266. The fourth-order valence-corrected chi connectivity index (χ4v) is 2.01. The zero-order valence-electron chi connectivity index (χ0n) is 12.0. The molecule has 0 aliphatic heterocycles. The van der Waals surface area contributed by atoms with Crippen LogP contribution in [0.5, 0.6) is 0 Å². The third-order valence-electron chi connectivity index (χ3n) is 3.35. The standard InChI is InChI=1S/C15H17N3O3/c1-10-12(9-16-18(10)2)15(21)17-13-6-4-3-5-11(13)7-8-14(19)20/h3-6,9H,7-8H2,1-2H3,(H,17,21)(H,19,20). The number of carboxylic acid groups (broad SMARTS) is 1. The largest absolute Gasteiger partial charge is 0.481 e. The first-order valence-electron chi connectivity index (χ1n) is 6.58. The van der Waals surface area contributed by atoms with Crippen LogP contribution in [0.25, 0.3) is 0 Å². The number of carboxylic acids is 1. The van der Waals surface area contributed by atoms with Crippen LogP contribution < -0.4 is 5.32 Å². The minimum atomic E-state index is -0.862. The normalized spacial score (nSPS) is 10.4. The van der Waals surface area contributed by atoms with Crippen molar-refractivity contribution in [2.24, 2.45) is 7.05 Å². The highest BCUT2D eigenvalue weighted by molar-refractivity contribution is 6.05. The number of carbonyl (C=O) groups excluding carboxylic acids is 1. The fraction of sp³-hybridized carbons (Fsp3) is 0.267. The van der Waals surface area contributed by atoms with Crippen LogP contribution in [0.15, 0.2) is 30.5 Å². The van der Waals surface area contributed by atoms with Gasteiger partial charge in [0.25, 0.3) is 5.91 Å². The second-order valence-electron chi connectivity index (χ2n) is 4.77. The second kappa shape index (κ2) is 6.21. The summed E-state index contributed by atoms with van der Waals surface area (Å²) in [5.41, 5.74) is 2.71. The molecule has 0 aliphatic rings. The summed E-state index contributed by atoms with van der Waals surface area (Å²) in [5.74, 6) is -1.11. The maximum atomic E-state index is 12.3. The Balaban J connectivity index is 2.17. The summed E-state index contributed by atoms with van der Waals surface area (Å²) in [6, 6.07) is 7.20. The lowest BCUT2D eigenvalue weighted by Crippen LogP contribution is -2.14. The van der Waals surface area contributed by atoms with Gasteiger partial charge >= 0.3 is 5.97 Å². The Morgan fingerprint density at radius 3 is 2.67 bits per heavy atom. The van der Waals surface area contributed by atoms with Crippen molar-refractivity contribution < 1.29 is 14.7 Å². The molecule has 110 valence electrons. The molecule has 1 amide bonds. The molecule has 0 saturated carbocycles. The maximum Gasteiger partial charge on any atom is 0.303 e. The molecule has 0 spiro atoms. The van der Waals surface area contributed by atoms with Gasteiger partial charge in [-0.3, -0.25) is 14.3 Å². The van der Waals surface area contributed by atoms with Gasteiger partial charge in [-0.2, -0.15) is 5.10 Å². The molecule has 0 fully saturated rings. The second-order valence-corrected chi connectivity index (χ2v) is 4.77. The van der Waals surface area contributed by atoms with Gasteiger partial charge in [-0.15, -0.1) is 0 Å². The van der Waals surface area contributed by atoms with E-state index in [1.54, 1.807) is 23.9 Å². The van der Waals surface area contributed by atoms with Gasteiger partial charge in [0.15, 0.2) is 0 Å². The Bertz CT molecular complexity index is 677. The predicted octanol–water partition coefficient (Wildman–Crippen LogP) is 2.00. The molecule has 1 aromatic heterocycles. The Morgan fingerprint density at radius 2 is 2.05 bits per heavy atom. The fourth-order valence-electron chi connectivity index (χ4n) is 2.01. The van der Waals surface area contributed by atoms with E-state index in [2.05, 4.69) is 10.4 Å². The highest BCUT2D eigenvalue weighted by Gasteiger charge is 2.14. The molecule has 2 rings (SSSR count). The summed E-state index contributed by atoms with van der Waals surface area (Å²) < 4.78 is 1.63. The molecule has 1 aromatic carbocycles. The summed E-state index contributed by atoms with van der Waals surface area (Å²) >= 11 is 0. The molecule has 6 nitrogen and oxygen atoms in total. The van der Waals surface area contributed by atoms with Crippen LogP contribution in [-0.4, -0.2) is 26.8 Å². The van der Waals surface area contributed by atoms with Gasteiger partial charge in [0.05, 0.1) is 11.8 Å². The van der Waals surface area contributed by atoms with Crippen molar-refractivity contribution in [2.45, 2.75) is 19.8 Å². The summed E-state index contributed by atoms with van der Waals surface area (Å²) in [5, 5.41) is 15.6. The maximum absolute atomic E-state index is 12.3. The van der Waals surface area contributed by atoms with E-state index in [9.17, 15) is 9.59 Å². The molecule has 2 aromatic rings. The van der Waals surface area contributed by atoms with Crippen LogP contribution in [0.2, 0.25) is 0 Å². The smallest absolute Gasteiger partial charge is 0.303 e. The first kappa shape index (κ1) is 14.8. The van der Waals surface area contributed by atoms with E-state index in [1.807, 2.05) is 19.1 Å². The number of rotatable bonds is 5. The number of aromatic nitrogens is 2. The van der Waals surface area contributed by atoms with E-state index in [0.717, 1.165) is 11.3 Å². The van der Waals surface area contributed by atoms with E-state index in [4.69, 9.17) is 5.11 Å². The lowest BCUT2D eigenvalue weighted by Gasteiger charge is -2.10. The first-order chi connectivity index (χ1) is 9.99. The molecule has 0 radical (unpaired) electrons. The van der Waals surface area contributed by atoms with Crippen LogP contribution in [0.1, 0.15) is 28.0 Å². The van der Waals surface area contributed by atoms with E-state index >= 15 is 0 Å². The SMILES string of the molecule is Cc1c(C(=O)Nc2ccccc2CCC(=O)O)cnn1C. The number of aliphatic carboxylic acids is 1. The highest BCUT2D eigenvalue weighted by atomic mass is 16.4. The number of aryl methyl sites for hydroxylation is 2. The number of nitrogens with zero attached hydrogens (tertiary/aromatic N) is 2. The van der Waals surface area contributed by atoms with Crippen molar-refractivity contribution in [3.05, 3.63) is 47.3 Å². The molecule has 0 aliphatic carbocycles. The topological polar surface area (TPSA) is 84.2 Å². The molecular weight excluding hydrogens is 270 g/mol. The molecule has 0 saturated heterocycles. The summed E-state index contributed by atoms with van der Waals surface area (Å²) in [7, 11) is 1.77. The van der Waals surface area contributed by atoms with Crippen LogP contribution in [0.3, 0.4) is 0 Å². The number of anilines is 1. The monoisotopic (exact) mass is 287 g/mol. The predicted molar refractivity (Wildman–Crippen MR) is 78.3 cm³/mol. The average Bonchev–Trinajstić information content (AvgIpc) is 2.78. The molecule has 21 heavy (non-hydrogen) atoms. The third kappa shape index (κ3) is 3.47. The number of nitrogens with one attached hydrogen (secondary N) is 1. The summed E-state index contributed by atoms with van der Waals surface area (Å²) in [6.07, 6.45) is 1.92. The van der Waals surface area contributed by atoms with Crippen LogP contribution in [0.4, 0.5) is 5.69 Å². The molecule has 6 heteroatoms. The van der Waals surface area contributed by atoms with Gasteiger partial charge in [-0.1, -0.05) is 18.2 Å². The Morgan fingerprint density at radius 1 is 1.33 bits per heavy atom. The molecule has 0 atom stereocenters. The number of benzene rings is 1. The van der Waals surface area contributed by atoms with Gasteiger partial charge in [0.2, 0.25) is 0 Å². The number of amides is 1. The molecular formula is C15H17N3O3. The van der Waals surface area contributed by atoms with Crippen molar-refractivity contribution >= 4 is 17.6 Å². The van der Waals surface area contributed by atoms with Gasteiger partial charge in [0.1, 0.15) is 0 Å². The van der Waals surface area contributed by atoms with E-state index in [1.165, 1.54) is 6.20 Å². The average molecular weight is 287 g/mol. The van der Waals surface area contributed by atoms with Gasteiger partial charge in [-0.25, -0.2) is 0 Å². The van der Waals surface area contributed by atoms with Crippen molar-refractivity contribution in [3.63, 3.8) is 0 Å². The van der Waals surface area contributed by atoms with Gasteiger partial charge in [-0.05, 0) is 25.0 Å². The van der Waals surface area contributed by atoms with Crippen molar-refractivity contribution in [1.82, 2.24) is 9.78 Å². The van der Waals surface area contributed by atoms with Crippen molar-refractivity contribution in [2.75, 3.05) is 5.32 Å². The molecule has 0 unspecified atom stereocenters. The lowest BCUT2D eigenvalue weighted by atomic mass is 10.1. The number of para-hydroxylation sites is 1. The van der Waals surface area contributed by atoms with E-state index < -0.39 is 5.97 Å². The third-order valence-corrected chi connectivity index (χ3v) is 3.35. The van der Waals surface area contributed by atoms with E-state index in [0.29, 0.717) is 17.7 Å². The quantitative estimate of drug-likeness (QED) is 0.881. The highest BCUT2D eigenvalue weighted by Crippen LogP contribution is 2.18. The first-order valence-corrected chi connectivity index (χ1v) is 6.58. The van der Waals surface area contributed by atoms with Crippen LogP contribution in [0, 0.1) is 6.92 Å². The summed E-state index contributed by atoms with van der Waals surface area (Å²) in [4.78, 5) is 22.9. The van der Waals surface area contributed by atoms with E-state index in [-0.39, 0.29) is 12.3 Å². The zero-order chi connectivity index (χ0) is 15.4. The Hall–Kier alpha value is -2.63. The Kier molecular flexibility index (Phi) is 4.37. The lowest BCUT2D eigenvalue weighted by molar-refractivity contribution is -0.136. The number of hydrogen-bond donors (Lipinski definition) is 2. The summed E-state index contributed by atoms with van der Waals surface area (Å²) in [6.45, 7) is 1.82. The van der Waals surface area contributed by atoms with Crippen molar-refractivity contribution in [3.8, 4) is 0 Å². The zero-order valence-corrected chi connectivity index (χ0v) is 12.0. The van der Waals surface area contributed by atoms with Crippen molar-refractivity contribution in [1.29, 1.82) is 0 Å². The number of carbonyl (C=O) groups is 2. The Labute approximate surface area is 122 Å².